The number of carbonyl (C=O) groups excluding carboxylic acids is 1. The first-order valence-electron chi connectivity index (χ1n) is 3.91. The van der Waals surface area contributed by atoms with Crippen molar-refractivity contribution in [3.05, 3.63) is 0 Å². The molecule has 4 N–H and O–H groups in total. The third kappa shape index (κ3) is 3.82. The Kier molecular flexibility index (Phi) is 5.08. The van der Waals surface area contributed by atoms with Crippen LogP contribution in [0, 0.1) is 0 Å². The molecule has 3 atom stereocenters. The standard InChI is InChI=1S/C7H16N2O2S/c1-3-6(7(9)10)12(11)4-5(2)8/h5-6H,3-4,8H2,1-2H3,(H2,9,10). The number of nitrogens with two attached hydrogens (primary N) is 2. The van der Waals surface area contributed by atoms with E-state index < -0.39 is 22.0 Å². The van der Waals surface area contributed by atoms with Gasteiger partial charge in [-0.1, -0.05) is 6.92 Å². The average molecular weight is 192 g/mol. The molecule has 0 bridgehead atoms. The molecule has 4 nitrogen and oxygen atoms in total. The Labute approximate surface area is 75.1 Å². The molecule has 0 aliphatic rings. The van der Waals surface area contributed by atoms with Gasteiger partial charge in [-0.25, -0.2) is 0 Å². The molecular weight excluding hydrogens is 176 g/mol. The molecule has 0 aromatic carbocycles. The van der Waals surface area contributed by atoms with E-state index >= 15 is 0 Å². The lowest BCUT2D eigenvalue weighted by atomic mass is 10.3. The molecule has 0 aromatic rings. The Hall–Kier alpha value is -0.420. The Bertz CT molecular complexity index is 182. The zero-order chi connectivity index (χ0) is 9.72. The van der Waals surface area contributed by atoms with Crippen molar-refractivity contribution in [2.75, 3.05) is 5.75 Å². The quantitative estimate of drug-likeness (QED) is 0.606. The van der Waals surface area contributed by atoms with Crippen LogP contribution in [0.2, 0.25) is 0 Å². The second-order valence-corrected chi connectivity index (χ2v) is 4.49. The fraction of sp³-hybridized carbons (Fsp3) is 0.857. The van der Waals surface area contributed by atoms with Gasteiger partial charge >= 0.3 is 0 Å². The van der Waals surface area contributed by atoms with Crippen LogP contribution in [-0.4, -0.2) is 27.2 Å². The van der Waals surface area contributed by atoms with Crippen LogP contribution in [0.5, 0.6) is 0 Å². The zero-order valence-electron chi connectivity index (χ0n) is 7.45. The van der Waals surface area contributed by atoms with Gasteiger partial charge in [0.1, 0.15) is 5.25 Å². The molecule has 0 fully saturated rings. The lowest BCUT2D eigenvalue weighted by Gasteiger charge is -2.11. The molecule has 1 amide bonds. The van der Waals surface area contributed by atoms with Crippen LogP contribution in [0.1, 0.15) is 20.3 Å². The lowest BCUT2D eigenvalue weighted by Crippen LogP contribution is -2.36. The third-order valence-corrected chi connectivity index (χ3v) is 3.49. The van der Waals surface area contributed by atoms with Gasteiger partial charge in [-0.3, -0.25) is 9.00 Å². The average Bonchev–Trinajstić information content (AvgIpc) is 1.85. The van der Waals surface area contributed by atoms with Gasteiger partial charge in [0, 0.05) is 22.6 Å². The first-order chi connectivity index (χ1) is 5.49. The van der Waals surface area contributed by atoms with E-state index in [4.69, 9.17) is 11.5 Å². The summed E-state index contributed by atoms with van der Waals surface area (Å²) in [5.74, 6) is -0.168. The highest BCUT2D eigenvalue weighted by Crippen LogP contribution is 2.02. The van der Waals surface area contributed by atoms with Gasteiger partial charge in [0.05, 0.1) is 0 Å². The Morgan fingerprint density at radius 2 is 2.08 bits per heavy atom. The molecule has 0 radical (unpaired) electrons. The topological polar surface area (TPSA) is 86.2 Å². The summed E-state index contributed by atoms with van der Waals surface area (Å²) in [6.45, 7) is 3.54. The molecule has 0 aromatic heterocycles. The largest absolute Gasteiger partial charge is 0.369 e. The maximum absolute atomic E-state index is 11.4. The van der Waals surface area contributed by atoms with Crippen molar-refractivity contribution in [2.24, 2.45) is 11.5 Å². The Morgan fingerprint density at radius 1 is 1.58 bits per heavy atom. The summed E-state index contributed by atoms with van der Waals surface area (Å²) >= 11 is 0. The van der Waals surface area contributed by atoms with E-state index in [1.165, 1.54) is 0 Å². The predicted octanol–water partition coefficient (Wildman–Crippen LogP) is -0.654. The van der Waals surface area contributed by atoms with E-state index in [9.17, 15) is 9.00 Å². The molecule has 0 heterocycles. The van der Waals surface area contributed by atoms with Crippen molar-refractivity contribution in [1.82, 2.24) is 0 Å². The summed E-state index contributed by atoms with van der Waals surface area (Å²) in [6.07, 6.45) is 0.509. The number of amides is 1. The fourth-order valence-electron chi connectivity index (χ4n) is 0.892. The fourth-order valence-corrected chi connectivity index (χ4v) is 2.27. The monoisotopic (exact) mass is 192 g/mol. The van der Waals surface area contributed by atoms with Crippen LogP contribution >= 0.6 is 0 Å². The normalized spacial score (nSPS) is 18.2. The van der Waals surface area contributed by atoms with Crippen molar-refractivity contribution in [3.63, 3.8) is 0 Å². The van der Waals surface area contributed by atoms with Crippen molar-refractivity contribution < 1.29 is 9.00 Å². The maximum Gasteiger partial charge on any atom is 0.233 e. The molecule has 0 rings (SSSR count). The molecule has 0 aliphatic heterocycles. The molecule has 0 spiro atoms. The van der Waals surface area contributed by atoms with E-state index in [2.05, 4.69) is 0 Å². The summed E-state index contributed by atoms with van der Waals surface area (Å²) in [4.78, 5) is 10.7. The number of hydrogen-bond donors (Lipinski definition) is 2. The van der Waals surface area contributed by atoms with Gasteiger partial charge in [0.2, 0.25) is 5.91 Å². The number of hydrogen-bond acceptors (Lipinski definition) is 3. The van der Waals surface area contributed by atoms with Gasteiger partial charge in [-0.2, -0.15) is 0 Å². The highest BCUT2D eigenvalue weighted by Gasteiger charge is 2.20. The Balaban J connectivity index is 4.13. The molecule has 12 heavy (non-hydrogen) atoms. The van der Waals surface area contributed by atoms with Crippen molar-refractivity contribution >= 4 is 16.7 Å². The highest BCUT2D eigenvalue weighted by atomic mass is 32.2. The minimum atomic E-state index is -1.22. The summed E-state index contributed by atoms with van der Waals surface area (Å²) in [7, 11) is -1.22. The smallest absolute Gasteiger partial charge is 0.233 e. The van der Waals surface area contributed by atoms with Crippen LogP contribution in [0.4, 0.5) is 0 Å². The highest BCUT2D eigenvalue weighted by molar-refractivity contribution is 7.86. The SMILES string of the molecule is CCC(C(N)=O)S(=O)CC(C)N. The second kappa shape index (κ2) is 5.27. The molecule has 5 heteroatoms. The minimum absolute atomic E-state index is 0.153. The lowest BCUT2D eigenvalue weighted by molar-refractivity contribution is -0.117. The minimum Gasteiger partial charge on any atom is -0.369 e. The predicted molar refractivity (Wildman–Crippen MR) is 49.9 cm³/mol. The Morgan fingerprint density at radius 3 is 2.33 bits per heavy atom. The zero-order valence-corrected chi connectivity index (χ0v) is 8.26. The summed E-state index contributed by atoms with van der Waals surface area (Å²) < 4.78 is 11.4. The molecule has 0 saturated heterocycles. The summed E-state index contributed by atoms with van der Waals surface area (Å²) in [5, 5.41) is -0.545. The number of primary amides is 1. The molecule has 72 valence electrons. The van der Waals surface area contributed by atoms with E-state index in [-0.39, 0.29) is 6.04 Å². The van der Waals surface area contributed by atoms with Crippen molar-refractivity contribution in [2.45, 2.75) is 31.6 Å². The first kappa shape index (κ1) is 11.6. The van der Waals surface area contributed by atoms with E-state index in [0.29, 0.717) is 12.2 Å². The van der Waals surface area contributed by atoms with Crippen LogP contribution in [0.3, 0.4) is 0 Å². The van der Waals surface area contributed by atoms with Gasteiger partial charge in [0.25, 0.3) is 0 Å². The molecule has 0 aliphatic carbocycles. The van der Waals surface area contributed by atoms with Crippen LogP contribution in [-0.2, 0) is 15.6 Å². The van der Waals surface area contributed by atoms with Gasteiger partial charge < -0.3 is 11.5 Å². The van der Waals surface area contributed by atoms with E-state index in [1.54, 1.807) is 13.8 Å². The maximum atomic E-state index is 11.4. The number of carbonyl (C=O) groups is 1. The second-order valence-electron chi connectivity index (χ2n) is 2.82. The van der Waals surface area contributed by atoms with Gasteiger partial charge in [-0.15, -0.1) is 0 Å². The third-order valence-electron chi connectivity index (χ3n) is 1.43. The van der Waals surface area contributed by atoms with E-state index in [1.807, 2.05) is 0 Å². The summed E-state index contributed by atoms with van der Waals surface area (Å²) in [5.41, 5.74) is 10.5. The molecular formula is C7H16N2O2S. The van der Waals surface area contributed by atoms with Gasteiger partial charge in [0.15, 0.2) is 0 Å². The van der Waals surface area contributed by atoms with Crippen LogP contribution < -0.4 is 11.5 Å². The van der Waals surface area contributed by atoms with E-state index in [0.717, 1.165) is 0 Å². The molecule has 0 saturated carbocycles. The first-order valence-corrected chi connectivity index (χ1v) is 5.29. The van der Waals surface area contributed by atoms with Crippen molar-refractivity contribution in [1.29, 1.82) is 0 Å². The van der Waals surface area contributed by atoms with Crippen LogP contribution in [0.15, 0.2) is 0 Å². The van der Waals surface area contributed by atoms with Gasteiger partial charge in [-0.05, 0) is 13.3 Å². The van der Waals surface area contributed by atoms with Crippen LogP contribution in [0.25, 0.3) is 0 Å². The molecule has 3 unspecified atom stereocenters. The number of rotatable bonds is 5. The van der Waals surface area contributed by atoms with Crippen molar-refractivity contribution in [3.8, 4) is 0 Å². The summed E-state index contributed by atoms with van der Waals surface area (Å²) in [6, 6.07) is -0.153.